The lowest BCUT2D eigenvalue weighted by Crippen LogP contribution is -2.22. The molecule has 0 saturated heterocycles. The van der Waals surface area contributed by atoms with Crippen molar-refractivity contribution < 1.29 is 14.6 Å². The zero-order chi connectivity index (χ0) is 20.8. The first kappa shape index (κ1) is 20.4. The maximum absolute atomic E-state index is 11.9. The molecule has 150 valence electrons. The van der Waals surface area contributed by atoms with E-state index in [1.54, 1.807) is 24.3 Å². The number of halogens is 1. The van der Waals surface area contributed by atoms with E-state index in [9.17, 15) is 9.90 Å². The Kier molecular flexibility index (Phi) is 6.51. The lowest BCUT2D eigenvalue weighted by atomic mass is 10.1. The lowest BCUT2D eigenvalue weighted by molar-refractivity contribution is -0.121. The quantitative estimate of drug-likeness (QED) is 0.477. The van der Waals surface area contributed by atoms with Crippen molar-refractivity contribution in [2.75, 3.05) is 12.4 Å². The van der Waals surface area contributed by atoms with Gasteiger partial charge in [-0.1, -0.05) is 23.7 Å². The van der Waals surface area contributed by atoms with E-state index in [4.69, 9.17) is 16.3 Å². The van der Waals surface area contributed by atoms with Gasteiger partial charge in [0.2, 0.25) is 5.91 Å². The summed E-state index contributed by atoms with van der Waals surface area (Å²) in [4.78, 5) is 20.4. The molecule has 0 saturated carbocycles. The number of amides is 1. The van der Waals surface area contributed by atoms with Crippen molar-refractivity contribution >= 4 is 39.9 Å². The van der Waals surface area contributed by atoms with Gasteiger partial charge in [0, 0.05) is 35.1 Å². The number of hydrogen-bond acceptors (Lipinski definition) is 6. The van der Waals surface area contributed by atoms with Gasteiger partial charge < -0.3 is 20.5 Å². The van der Waals surface area contributed by atoms with E-state index < -0.39 is 0 Å². The monoisotopic (exact) mass is 412 g/mol. The van der Waals surface area contributed by atoms with E-state index in [1.807, 2.05) is 6.07 Å². The van der Waals surface area contributed by atoms with Crippen LogP contribution in [0.3, 0.4) is 0 Å². The smallest absolute Gasteiger partial charge is 0.220 e. The molecule has 0 spiro atoms. The minimum atomic E-state index is -0.0599. The maximum Gasteiger partial charge on any atom is 0.220 e. The highest BCUT2D eigenvalue weighted by molar-refractivity contribution is 6.30. The molecule has 0 bridgehead atoms. The molecule has 29 heavy (non-hydrogen) atoms. The number of phenolic OH excluding ortho intramolecular Hbond substituents is 1. The van der Waals surface area contributed by atoms with E-state index in [2.05, 4.69) is 27.2 Å². The number of nitrogens with one attached hydrogen (secondary N) is 2. The van der Waals surface area contributed by atoms with Crippen molar-refractivity contribution in [1.82, 2.24) is 15.3 Å². The molecule has 3 aromatic rings. The van der Waals surface area contributed by atoms with Crippen molar-refractivity contribution in [3.63, 3.8) is 0 Å². The minimum Gasteiger partial charge on any atom is -0.504 e. The molecule has 7 nitrogen and oxygen atoms in total. The van der Waals surface area contributed by atoms with Gasteiger partial charge in [-0.3, -0.25) is 4.79 Å². The van der Waals surface area contributed by atoms with Gasteiger partial charge in [-0.15, -0.1) is 6.58 Å². The predicted octanol–water partition coefficient (Wildman–Crippen LogP) is 4.32. The summed E-state index contributed by atoms with van der Waals surface area (Å²) in [7, 11) is 1.48. The average molecular weight is 413 g/mol. The number of anilines is 2. The number of rotatable bonds is 8. The topological polar surface area (TPSA) is 96.4 Å². The highest BCUT2D eigenvalue weighted by Crippen LogP contribution is 2.34. The van der Waals surface area contributed by atoms with E-state index in [0.29, 0.717) is 52.6 Å². The summed E-state index contributed by atoms with van der Waals surface area (Å²) >= 11 is 6.17. The Morgan fingerprint density at radius 3 is 2.90 bits per heavy atom. The van der Waals surface area contributed by atoms with Crippen LogP contribution in [0.1, 0.15) is 18.4 Å². The van der Waals surface area contributed by atoms with Crippen LogP contribution in [0.2, 0.25) is 5.02 Å². The van der Waals surface area contributed by atoms with E-state index in [-0.39, 0.29) is 11.7 Å². The average Bonchev–Trinajstić information content (AvgIpc) is 2.71. The Morgan fingerprint density at radius 1 is 1.31 bits per heavy atom. The lowest BCUT2D eigenvalue weighted by Gasteiger charge is -2.15. The summed E-state index contributed by atoms with van der Waals surface area (Å²) in [6, 6.07) is 8.52. The van der Waals surface area contributed by atoms with Crippen LogP contribution in [0.4, 0.5) is 11.5 Å². The fraction of sp³-hybridized carbons (Fsp3) is 0.190. The van der Waals surface area contributed by atoms with Crippen LogP contribution in [0, 0.1) is 0 Å². The van der Waals surface area contributed by atoms with Crippen LogP contribution in [0.5, 0.6) is 11.5 Å². The minimum absolute atomic E-state index is 0.0151. The van der Waals surface area contributed by atoms with Crippen LogP contribution in [-0.4, -0.2) is 28.1 Å². The van der Waals surface area contributed by atoms with E-state index >= 15 is 0 Å². The summed E-state index contributed by atoms with van der Waals surface area (Å²) in [5, 5.41) is 17.4. The molecule has 0 aliphatic rings. The number of nitrogens with zero attached hydrogens (tertiary/aromatic N) is 2. The number of benzene rings is 2. The summed E-state index contributed by atoms with van der Waals surface area (Å²) in [6.45, 7) is 3.95. The fourth-order valence-corrected chi connectivity index (χ4v) is 2.97. The number of carbonyl (C=O) groups excluding carboxylic acids is 1. The first-order valence-corrected chi connectivity index (χ1v) is 9.34. The second-order valence-corrected chi connectivity index (χ2v) is 6.73. The second-order valence-electron chi connectivity index (χ2n) is 6.29. The third-order valence-corrected chi connectivity index (χ3v) is 4.55. The number of aromatic hydroxyl groups is 1. The molecule has 8 heteroatoms. The number of allylic oxidation sites excluding steroid dienone is 1. The van der Waals surface area contributed by atoms with Crippen LogP contribution in [-0.2, 0) is 11.3 Å². The summed E-state index contributed by atoms with van der Waals surface area (Å²) in [5.41, 5.74) is 2.14. The summed E-state index contributed by atoms with van der Waals surface area (Å²) < 4.78 is 5.13. The van der Waals surface area contributed by atoms with Crippen molar-refractivity contribution in [2.45, 2.75) is 19.4 Å². The zero-order valence-electron chi connectivity index (χ0n) is 15.9. The first-order valence-electron chi connectivity index (χ1n) is 8.96. The molecular weight excluding hydrogens is 392 g/mol. The molecule has 0 atom stereocenters. The number of phenols is 1. The van der Waals surface area contributed by atoms with Crippen molar-refractivity contribution in [1.29, 1.82) is 0 Å². The van der Waals surface area contributed by atoms with Crippen LogP contribution in [0.15, 0.2) is 49.3 Å². The molecule has 0 fully saturated rings. The Bertz CT molecular complexity index is 1060. The van der Waals surface area contributed by atoms with Gasteiger partial charge in [-0.2, -0.15) is 0 Å². The number of fused-ring (bicyclic) bond motifs is 1. The first-order chi connectivity index (χ1) is 14.0. The molecule has 3 rings (SSSR count). The number of aromatic nitrogens is 2. The molecule has 1 aromatic heterocycles. The van der Waals surface area contributed by atoms with Crippen molar-refractivity contribution in [2.24, 2.45) is 0 Å². The van der Waals surface area contributed by atoms with Gasteiger partial charge in [0.1, 0.15) is 12.1 Å². The maximum atomic E-state index is 11.9. The van der Waals surface area contributed by atoms with Gasteiger partial charge in [0.15, 0.2) is 11.5 Å². The second kappa shape index (κ2) is 9.25. The van der Waals surface area contributed by atoms with Gasteiger partial charge in [0.05, 0.1) is 12.6 Å². The molecule has 1 amide bonds. The molecule has 2 aromatic carbocycles. The third-order valence-electron chi connectivity index (χ3n) is 4.31. The van der Waals surface area contributed by atoms with Gasteiger partial charge in [-0.05, 0) is 30.2 Å². The predicted molar refractivity (Wildman–Crippen MR) is 114 cm³/mol. The molecule has 1 heterocycles. The molecule has 0 aliphatic carbocycles. The van der Waals surface area contributed by atoms with Gasteiger partial charge in [-0.25, -0.2) is 9.97 Å². The number of hydrogen-bond donors (Lipinski definition) is 3. The standard InChI is InChI=1S/C21H21ClN4O3/c1-3-4-5-20(28)23-11-13-6-7-14(22)8-16(13)26-21-15-9-18(27)19(29-2)10-17(15)24-12-25-21/h3,6-10,12,27H,1,4-5,11H2,2H3,(H,23,28)(H,24,25,26). The van der Waals surface area contributed by atoms with E-state index in [0.717, 1.165) is 5.56 Å². The highest BCUT2D eigenvalue weighted by Gasteiger charge is 2.12. The number of methoxy groups -OCH3 is 1. The molecule has 0 unspecified atom stereocenters. The van der Waals surface area contributed by atoms with Crippen LogP contribution in [0.25, 0.3) is 10.9 Å². The molecule has 0 aliphatic heterocycles. The summed E-state index contributed by atoms with van der Waals surface area (Å²) in [5.74, 6) is 0.747. The largest absolute Gasteiger partial charge is 0.504 e. The SMILES string of the molecule is C=CCCC(=O)NCc1ccc(Cl)cc1Nc1ncnc2cc(OC)c(O)cc12. The normalized spacial score (nSPS) is 10.6. The molecule has 0 radical (unpaired) electrons. The zero-order valence-corrected chi connectivity index (χ0v) is 16.7. The van der Waals surface area contributed by atoms with Crippen LogP contribution >= 0.6 is 11.6 Å². The number of ether oxygens (including phenoxy) is 1. The van der Waals surface area contributed by atoms with Crippen LogP contribution < -0.4 is 15.4 Å². The third kappa shape index (κ3) is 4.94. The Hall–Kier alpha value is -3.32. The highest BCUT2D eigenvalue weighted by atomic mass is 35.5. The van der Waals surface area contributed by atoms with E-state index in [1.165, 1.54) is 19.5 Å². The van der Waals surface area contributed by atoms with Gasteiger partial charge >= 0.3 is 0 Å². The number of carbonyl (C=O) groups is 1. The van der Waals surface area contributed by atoms with Crippen molar-refractivity contribution in [3.8, 4) is 11.5 Å². The molecule has 3 N–H and O–H groups in total. The Labute approximate surface area is 173 Å². The summed E-state index contributed by atoms with van der Waals surface area (Å²) in [6.07, 6.45) is 4.14. The Morgan fingerprint density at radius 2 is 2.14 bits per heavy atom. The fourth-order valence-electron chi connectivity index (χ4n) is 2.80. The molecular formula is C21H21ClN4O3. The van der Waals surface area contributed by atoms with Gasteiger partial charge in [0.25, 0.3) is 0 Å². The van der Waals surface area contributed by atoms with Crippen molar-refractivity contribution in [3.05, 3.63) is 59.9 Å². The Balaban J connectivity index is 1.90.